The van der Waals surface area contributed by atoms with E-state index in [4.69, 9.17) is 4.74 Å². The van der Waals surface area contributed by atoms with E-state index >= 15 is 0 Å². The Balaban J connectivity index is 0.000000653. The van der Waals surface area contributed by atoms with Gasteiger partial charge in [-0.25, -0.2) is 0 Å². The maximum Gasteiger partial charge on any atom is 0.141 e. The average Bonchev–Trinajstić information content (AvgIpc) is 2.39. The first kappa shape index (κ1) is 9.90. The molecule has 0 aromatic carbocycles. The number of quaternary nitrogens is 1. The predicted molar refractivity (Wildman–Crippen MR) is 43.6 cm³/mol. The Morgan fingerprint density at radius 3 is 2.38 bits per heavy atom. The molecule has 4 rings (SSSR count). The van der Waals surface area contributed by atoms with Crippen molar-refractivity contribution in [2.45, 2.75) is 43.2 Å². The van der Waals surface area contributed by atoms with Gasteiger partial charge in [0, 0.05) is 12.8 Å². The van der Waals surface area contributed by atoms with Crippen LogP contribution in [0.2, 0.25) is 0 Å². The maximum atomic E-state index is 9.90. The van der Waals surface area contributed by atoms with Crippen molar-refractivity contribution in [1.29, 1.82) is 0 Å². The van der Waals surface area contributed by atoms with Crippen molar-refractivity contribution in [1.82, 2.24) is 0 Å². The van der Waals surface area contributed by atoms with E-state index in [0.717, 1.165) is 17.3 Å². The molecule has 3 nitrogen and oxygen atoms in total. The monoisotopic (exact) mass is 249 g/mol. The number of halogens is 1. The molecule has 0 aromatic rings. The smallest absolute Gasteiger partial charge is 0.141 e. The summed E-state index contributed by atoms with van der Waals surface area (Å²) in [6.45, 7) is 0. The van der Waals surface area contributed by atoms with Crippen LogP contribution in [0.4, 0.5) is 0 Å². The first-order valence-electron chi connectivity index (χ1n) is 4.77. The van der Waals surface area contributed by atoms with Gasteiger partial charge in [-0.1, -0.05) is 0 Å². The van der Waals surface area contributed by atoms with Crippen LogP contribution in [-0.4, -0.2) is 54.1 Å². The van der Waals surface area contributed by atoms with Crippen LogP contribution in [0.3, 0.4) is 0 Å². The van der Waals surface area contributed by atoms with E-state index in [9.17, 15) is 5.11 Å². The number of aliphatic hydroxyl groups is 1. The van der Waals surface area contributed by atoms with Crippen molar-refractivity contribution in [3.05, 3.63) is 0 Å². The van der Waals surface area contributed by atoms with E-state index in [1.165, 1.54) is 0 Å². The summed E-state index contributed by atoms with van der Waals surface area (Å²) in [7, 11) is 4.45. The van der Waals surface area contributed by atoms with Crippen molar-refractivity contribution in [3.8, 4) is 0 Å². The van der Waals surface area contributed by atoms with Gasteiger partial charge < -0.3 is 31.3 Å². The number of ether oxygens (including phenoxy) is 1. The van der Waals surface area contributed by atoms with Crippen molar-refractivity contribution < 1.29 is 31.3 Å². The van der Waals surface area contributed by atoms with Crippen molar-refractivity contribution in [2.24, 2.45) is 0 Å². The highest BCUT2D eigenvalue weighted by Crippen LogP contribution is 2.48. The Hall–Kier alpha value is 0.360. The lowest BCUT2D eigenvalue weighted by molar-refractivity contribution is -0.930. The molecule has 76 valence electrons. The highest BCUT2D eigenvalue weighted by Gasteiger charge is 2.66. The van der Waals surface area contributed by atoms with Gasteiger partial charge in [-0.15, -0.1) is 0 Å². The first-order chi connectivity index (χ1) is 5.60. The largest absolute Gasteiger partial charge is 1.00 e. The van der Waals surface area contributed by atoms with Crippen LogP contribution in [0.15, 0.2) is 0 Å². The highest BCUT2D eigenvalue weighted by atomic mass is 79.9. The second kappa shape index (κ2) is 2.69. The second-order valence-electron chi connectivity index (χ2n) is 4.95. The van der Waals surface area contributed by atoms with E-state index in [-0.39, 0.29) is 29.2 Å². The fraction of sp³-hybridized carbons (Fsp3) is 1.00. The average molecular weight is 250 g/mol. The quantitative estimate of drug-likeness (QED) is 0.457. The maximum absolute atomic E-state index is 9.90. The lowest BCUT2D eigenvalue weighted by Gasteiger charge is -2.41. The summed E-state index contributed by atoms with van der Waals surface area (Å²) < 4.78 is 6.71. The van der Waals surface area contributed by atoms with Gasteiger partial charge in [0.05, 0.1) is 20.2 Å². The molecule has 3 unspecified atom stereocenters. The van der Waals surface area contributed by atoms with Crippen molar-refractivity contribution >= 4 is 0 Å². The number of hydrogen-bond acceptors (Lipinski definition) is 2. The molecule has 5 atom stereocenters. The second-order valence-corrected chi connectivity index (χ2v) is 4.95. The van der Waals surface area contributed by atoms with E-state index < -0.39 is 0 Å². The molecule has 0 aromatic heterocycles. The number of likely N-dealkylation sites (N-methyl/N-ethyl adjacent to an activating group) is 1. The Kier molecular flexibility index (Phi) is 2.05. The summed E-state index contributed by atoms with van der Waals surface area (Å²) in [6.07, 6.45) is 2.61. The zero-order valence-electron chi connectivity index (χ0n) is 7.98. The standard InChI is InChI=1S/C9H16NO2.BrH/c1-10(2)6-3-5-4-7(10)9(12-5)8(6)11;/h5-9,11H,3-4H2,1-2H3;1H/q+1;/p-1/t5?,6?,7-,8?,9+;/m1./s1. The third-order valence-corrected chi connectivity index (χ3v) is 4.18. The van der Waals surface area contributed by atoms with Gasteiger partial charge in [-0.05, 0) is 0 Å². The van der Waals surface area contributed by atoms with Gasteiger partial charge in [0.25, 0.3) is 0 Å². The fourth-order valence-corrected chi connectivity index (χ4v) is 3.42. The van der Waals surface area contributed by atoms with Crippen LogP contribution in [0.5, 0.6) is 0 Å². The summed E-state index contributed by atoms with van der Waals surface area (Å²) in [5.41, 5.74) is 0. The van der Waals surface area contributed by atoms with Gasteiger partial charge in [0.1, 0.15) is 24.3 Å². The van der Waals surface area contributed by atoms with E-state index in [1.54, 1.807) is 0 Å². The molecule has 4 heterocycles. The summed E-state index contributed by atoms with van der Waals surface area (Å²) in [5, 5.41) is 9.90. The predicted octanol–water partition coefficient (Wildman–Crippen LogP) is -3.26. The minimum absolute atomic E-state index is 0. The molecule has 4 bridgehead atoms. The van der Waals surface area contributed by atoms with E-state index in [1.807, 2.05) is 0 Å². The van der Waals surface area contributed by atoms with Crippen molar-refractivity contribution in [2.75, 3.05) is 14.1 Å². The van der Waals surface area contributed by atoms with Crippen LogP contribution in [0.25, 0.3) is 0 Å². The summed E-state index contributed by atoms with van der Waals surface area (Å²) in [4.78, 5) is 0. The first-order valence-corrected chi connectivity index (χ1v) is 4.77. The molecule has 4 fully saturated rings. The molecule has 4 heteroatoms. The van der Waals surface area contributed by atoms with Gasteiger partial charge in [0.2, 0.25) is 0 Å². The minimum Gasteiger partial charge on any atom is -1.00 e. The van der Waals surface area contributed by atoms with Gasteiger partial charge >= 0.3 is 0 Å². The Morgan fingerprint density at radius 2 is 1.85 bits per heavy atom. The number of aliphatic hydroxyl groups excluding tert-OH is 1. The summed E-state index contributed by atoms with van der Waals surface area (Å²) in [5.74, 6) is 0. The number of nitrogens with zero attached hydrogens (tertiary/aromatic N) is 1. The van der Waals surface area contributed by atoms with E-state index in [0.29, 0.717) is 18.2 Å². The fourth-order valence-electron chi connectivity index (χ4n) is 3.42. The van der Waals surface area contributed by atoms with Gasteiger partial charge in [-0.3, -0.25) is 0 Å². The van der Waals surface area contributed by atoms with Crippen LogP contribution >= 0.6 is 0 Å². The molecule has 4 aliphatic heterocycles. The lowest BCUT2D eigenvalue weighted by Crippen LogP contribution is -3.00. The van der Waals surface area contributed by atoms with Crippen LogP contribution in [0.1, 0.15) is 12.8 Å². The minimum atomic E-state index is -0.205. The lowest BCUT2D eigenvalue weighted by atomic mass is 9.98. The van der Waals surface area contributed by atoms with Crippen LogP contribution in [0, 0.1) is 0 Å². The number of rotatable bonds is 0. The zero-order valence-corrected chi connectivity index (χ0v) is 9.57. The summed E-state index contributed by atoms with van der Waals surface area (Å²) in [6, 6.07) is 0.997. The topological polar surface area (TPSA) is 29.5 Å². The molecule has 0 aliphatic carbocycles. The SMILES string of the molecule is C[N+]1(C)C2CC3C[C@@H]1[C@H](O3)C2O.[Br-]. The zero-order chi connectivity index (χ0) is 8.51. The van der Waals surface area contributed by atoms with Crippen LogP contribution in [-0.2, 0) is 4.74 Å². The third kappa shape index (κ3) is 1.00. The molecule has 0 amide bonds. The molecular weight excluding hydrogens is 234 g/mol. The molecule has 13 heavy (non-hydrogen) atoms. The van der Waals surface area contributed by atoms with Gasteiger partial charge in [0.15, 0.2) is 0 Å². The Bertz CT molecular complexity index is 230. The molecule has 4 saturated heterocycles. The molecule has 0 saturated carbocycles. The molecule has 4 aliphatic rings. The Morgan fingerprint density at radius 1 is 1.23 bits per heavy atom. The number of hydrogen-bond donors (Lipinski definition) is 1. The molecule has 0 radical (unpaired) electrons. The molecular formula is C9H16BrNO2. The molecule has 0 spiro atoms. The van der Waals surface area contributed by atoms with E-state index in [2.05, 4.69) is 14.1 Å². The third-order valence-electron chi connectivity index (χ3n) is 4.18. The summed E-state index contributed by atoms with van der Waals surface area (Å²) >= 11 is 0. The van der Waals surface area contributed by atoms with Crippen LogP contribution < -0.4 is 17.0 Å². The normalized spacial score (nSPS) is 55.2. The molecule has 1 N–H and O–H groups in total. The highest BCUT2D eigenvalue weighted by molar-refractivity contribution is 5.04. The van der Waals surface area contributed by atoms with Crippen molar-refractivity contribution in [3.63, 3.8) is 0 Å². The Labute approximate surface area is 89.0 Å². The van der Waals surface area contributed by atoms with Gasteiger partial charge in [-0.2, -0.15) is 0 Å². The number of piperidine rings is 1.